The molecule has 0 unspecified atom stereocenters. The van der Waals surface area contributed by atoms with Crippen LogP contribution < -0.4 is 4.90 Å². The highest BCUT2D eigenvalue weighted by Crippen LogP contribution is 2.42. The highest BCUT2D eigenvalue weighted by Gasteiger charge is 2.32. The van der Waals surface area contributed by atoms with Gasteiger partial charge < -0.3 is 4.90 Å². The van der Waals surface area contributed by atoms with E-state index in [2.05, 4.69) is 26.8 Å². The van der Waals surface area contributed by atoms with Crippen LogP contribution in [0.3, 0.4) is 0 Å². The lowest BCUT2D eigenvalue weighted by atomic mass is 9.99. The van der Waals surface area contributed by atoms with Gasteiger partial charge in [0.25, 0.3) is 5.91 Å². The lowest BCUT2D eigenvalue weighted by Gasteiger charge is -2.18. The standard InChI is InChI=1S/C20H20N2O/c1-4-5-10-22-16-11-12(2)13(3)19-18(16)17(20(22)23)14-8-6-7-9-15(14)21-19/h6-9,11H,4-5,10H2,1-3H3. The molecule has 0 N–H and O–H groups in total. The van der Waals surface area contributed by atoms with E-state index < -0.39 is 0 Å². The Morgan fingerprint density at radius 3 is 2.74 bits per heavy atom. The molecular weight excluding hydrogens is 284 g/mol. The van der Waals surface area contributed by atoms with Crippen molar-refractivity contribution >= 4 is 33.4 Å². The Morgan fingerprint density at radius 1 is 1.17 bits per heavy atom. The van der Waals surface area contributed by atoms with Gasteiger partial charge in [0.2, 0.25) is 0 Å². The molecular formula is C20H20N2O. The average Bonchev–Trinajstić information content (AvgIpc) is 2.83. The van der Waals surface area contributed by atoms with Crippen LogP contribution in [0.25, 0.3) is 21.8 Å². The fraction of sp³-hybridized carbons (Fsp3) is 0.300. The van der Waals surface area contributed by atoms with Gasteiger partial charge >= 0.3 is 0 Å². The first-order valence-electron chi connectivity index (χ1n) is 8.28. The summed E-state index contributed by atoms with van der Waals surface area (Å²) in [4.78, 5) is 19.9. The van der Waals surface area contributed by atoms with E-state index in [1.165, 1.54) is 11.1 Å². The molecule has 0 saturated carbocycles. The van der Waals surface area contributed by atoms with Crippen LogP contribution in [0, 0.1) is 13.8 Å². The van der Waals surface area contributed by atoms with Gasteiger partial charge in [-0.1, -0.05) is 31.5 Å². The summed E-state index contributed by atoms with van der Waals surface area (Å²) in [6.45, 7) is 7.12. The quantitative estimate of drug-likeness (QED) is 0.653. The second-order valence-corrected chi connectivity index (χ2v) is 6.38. The van der Waals surface area contributed by atoms with Crippen molar-refractivity contribution in [3.8, 4) is 0 Å². The molecule has 2 aromatic carbocycles. The summed E-state index contributed by atoms with van der Waals surface area (Å²) >= 11 is 0. The molecule has 4 rings (SSSR count). The lowest BCUT2D eigenvalue weighted by Crippen LogP contribution is -2.27. The number of benzene rings is 2. The number of fused-ring (bicyclic) bond motifs is 2. The van der Waals surface area contributed by atoms with Gasteiger partial charge in [0.1, 0.15) is 0 Å². The summed E-state index contributed by atoms with van der Waals surface area (Å²) in [7, 11) is 0. The predicted octanol–water partition coefficient (Wildman–Crippen LogP) is 4.77. The van der Waals surface area contributed by atoms with Crippen LogP contribution in [-0.2, 0) is 0 Å². The third kappa shape index (κ3) is 1.89. The van der Waals surface area contributed by atoms with Crippen molar-refractivity contribution in [2.45, 2.75) is 33.6 Å². The molecule has 0 radical (unpaired) electrons. The van der Waals surface area contributed by atoms with Crippen molar-refractivity contribution < 1.29 is 4.79 Å². The number of pyridine rings is 1. The van der Waals surface area contributed by atoms with Gasteiger partial charge in [0.05, 0.1) is 22.3 Å². The van der Waals surface area contributed by atoms with Crippen LogP contribution in [0.15, 0.2) is 30.3 Å². The zero-order chi connectivity index (χ0) is 16.1. The number of aryl methyl sites for hydroxylation is 2. The molecule has 1 aromatic heterocycles. The zero-order valence-electron chi connectivity index (χ0n) is 13.8. The molecule has 0 bridgehead atoms. The average molecular weight is 304 g/mol. The monoisotopic (exact) mass is 304 g/mol. The number of nitrogens with zero attached hydrogens (tertiary/aromatic N) is 2. The molecule has 3 heteroatoms. The molecule has 0 spiro atoms. The molecule has 3 nitrogen and oxygen atoms in total. The summed E-state index contributed by atoms with van der Waals surface area (Å²) < 4.78 is 0. The Labute approximate surface area is 135 Å². The van der Waals surface area contributed by atoms with Gasteiger partial charge in [-0.2, -0.15) is 0 Å². The minimum atomic E-state index is 0.127. The van der Waals surface area contributed by atoms with Crippen molar-refractivity contribution in [2.24, 2.45) is 0 Å². The van der Waals surface area contributed by atoms with Gasteiger partial charge in [-0.25, -0.2) is 4.98 Å². The Bertz CT molecular complexity index is 959. The number of rotatable bonds is 3. The number of amides is 1. The fourth-order valence-electron chi connectivity index (χ4n) is 3.52. The van der Waals surface area contributed by atoms with E-state index in [4.69, 9.17) is 4.98 Å². The Hall–Kier alpha value is -2.42. The maximum atomic E-state index is 13.1. The number of hydrogen-bond acceptors (Lipinski definition) is 2. The van der Waals surface area contributed by atoms with E-state index in [-0.39, 0.29) is 5.91 Å². The molecule has 23 heavy (non-hydrogen) atoms. The van der Waals surface area contributed by atoms with Gasteiger partial charge in [-0.3, -0.25) is 4.79 Å². The molecule has 0 aliphatic carbocycles. The maximum absolute atomic E-state index is 13.1. The van der Waals surface area contributed by atoms with Crippen LogP contribution >= 0.6 is 0 Å². The minimum Gasteiger partial charge on any atom is -0.308 e. The number of hydrogen-bond donors (Lipinski definition) is 0. The Morgan fingerprint density at radius 2 is 1.96 bits per heavy atom. The van der Waals surface area contributed by atoms with E-state index in [1.807, 2.05) is 29.2 Å². The summed E-state index contributed by atoms with van der Waals surface area (Å²) in [5, 5.41) is 2.00. The van der Waals surface area contributed by atoms with E-state index >= 15 is 0 Å². The van der Waals surface area contributed by atoms with E-state index in [9.17, 15) is 4.79 Å². The van der Waals surface area contributed by atoms with Crippen molar-refractivity contribution in [3.63, 3.8) is 0 Å². The molecule has 3 aromatic rings. The first-order chi connectivity index (χ1) is 11.1. The van der Waals surface area contributed by atoms with E-state index in [0.717, 1.165) is 52.4 Å². The smallest absolute Gasteiger partial charge is 0.259 e. The first kappa shape index (κ1) is 14.2. The number of carbonyl (C=O) groups excluding carboxylic acids is 1. The second kappa shape index (κ2) is 5.05. The molecule has 116 valence electrons. The number of aromatic nitrogens is 1. The van der Waals surface area contributed by atoms with Crippen molar-refractivity contribution in [3.05, 3.63) is 47.0 Å². The summed E-state index contributed by atoms with van der Waals surface area (Å²) in [6, 6.07) is 10.1. The van der Waals surface area contributed by atoms with Gasteiger partial charge in [-0.15, -0.1) is 0 Å². The van der Waals surface area contributed by atoms with Crippen LogP contribution in [0.2, 0.25) is 0 Å². The van der Waals surface area contributed by atoms with Crippen LogP contribution in [0.4, 0.5) is 5.69 Å². The third-order valence-electron chi connectivity index (χ3n) is 4.93. The fourth-order valence-corrected chi connectivity index (χ4v) is 3.52. The largest absolute Gasteiger partial charge is 0.308 e. The predicted molar refractivity (Wildman–Crippen MR) is 95.3 cm³/mol. The van der Waals surface area contributed by atoms with Gasteiger partial charge in [0.15, 0.2) is 0 Å². The SMILES string of the molecule is CCCCN1C(=O)c2c3ccccc3nc3c(C)c(C)cc1c23. The highest BCUT2D eigenvalue weighted by molar-refractivity contribution is 6.30. The summed E-state index contributed by atoms with van der Waals surface area (Å²) in [5.41, 5.74) is 6.11. The van der Waals surface area contributed by atoms with Gasteiger partial charge in [0, 0.05) is 17.3 Å². The number of carbonyl (C=O) groups is 1. The Kier molecular flexibility index (Phi) is 3.12. The number of anilines is 1. The van der Waals surface area contributed by atoms with Crippen molar-refractivity contribution in [1.29, 1.82) is 0 Å². The molecule has 1 amide bonds. The van der Waals surface area contributed by atoms with E-state index in [0.29, 0.717) is 0 Å². The van der Waals surface area contributed by atoms with E-state index in [1.54, 1.807) is 0 Å². The number of unbranched alkanes of at least 4 members (excludes halogenated alkanes) is 1. The number of para-hydroxylation sites is 1. The molecule has 0 atom stereocenters. The van der Waals surface area contributed by atoms with Crippen LogP contribution in [0.1, 0.15) is 41.3 Å². The zero-order valence-corrected chi connectivity index (χ0v) is 13.8. The molecule has 1 aliphatic heterocycles. The molecule has 0 saturated heterocycles. The highest BCUT2D eigenvalue weighted by atomic mass is 16.2. The summed E-state index contributed by atoms with van der Waals surface area (Å²) in [5.74, 6) is 0.127. The maximum Gasteiger partial charge on any atom is 0.259 e. The topological polar surface area (TPSA) is 33.2 Å². The first-order valence-corrected chi connectivity index (χ1v) is 8.28. The normalized spacial score (nSPS) is 13.5. The van der Waals surface area contributed by atoms with Crippen molar-refractivity contribution in [1.82, 2.24) is 4.98 Å². The van der Waals surface area contributed by atoms with Crippen LogP contribution in [0.5, 0.6) is 0 Å². The molecule has 1 aliphatic rings. The lowest BCUT2D eigenvalue weighted by molar-refractivity contribution is 0.0994. The van der Waals surface area contributed by atoms with Crippen LogP contribution in [-0.4, -0.2) is 17.4 Å². The second-order valence-electron chi connectivity index (χ2n) is 6.38. The van der Waals surface area contributed by atoms with Crippen molar-refractivity contribution in [2.75, 3.05) is 11.4 Å². The van der Waals surface area contributed by atoms with Gasteiger partial charge in [-0.05, 0) is 43.5 Å². The molecule has 0 fully saturated rings. The molecule has 2 heterocycles. The Balaban J connectivity index is 2.12. The minimum absolute atomic E-state index is 0.127. The summed E-state index contributed by atoms with van der Waals surface area (Å²) in [6.07, 6.45) is 2.09. The third-order valence-corrected chi connectivity index (χ3v) is 4.93.